The molecule has 2 aromatic heterocycles. The first kappa shape index (κ1) is 23.1. The zero-order chi connectivity index (χ0) is 25.5. The zero-order valence-electron chi connectivity index (χ0n) is 19.8. The van der Waals surface area contributed by atoms with Crippen LogP contribution in [0.15, 0.2) is 71.5 Å². The van der Waals surface area contributed by atoms with E-state index >= 15 is 0 Å². The number of carboxylic acids is 1. The molecule has 1 aliphatic heterocycles. The van der Waals surface area contributed by atoms with Crippen LogP contribution in [0.1, 0.15) is 32.7 Å². The summed E-state index contributed by atoms with van der Waals surface area (Å²) in [6, 6.07) is 16.9. The fourth-order valence-electron chi connectivity index (χ4n) is 4.64. The van der Waals surface area contributed by atoms with Crippen LogP contribution in [0.5, 0.6) is 17.2 Å². The molecule has 3 aromatic carbocycles. The van der Waals surface area contributed by atoms with Crippen LogP contribution in [-0.4, -0.2) is 22.9 Å². The standard InChI is InChI=1S/C29H22ClNO6/c1-16-2-4-18(5-3-16)26-27-20(10-19-11-24-25(12-21(19)30)37-15-36-24)23(35-14-17-8-9-34-13-17)7-6-22(27)31-28(26)29(32)33/h2-9,11-13,31H,10,14-15H2,1H3,(H,32,33). The van der Waals surface area contributed by atoms with Crippen molar-refractivity contribution >= 4 is 28.5 Å². The number of halogens is 1. The highest BCUT2D eigenvalue weighted by atomic mass is 35.5. The van der Waals surface area contributed by atoms with Crippen molar-refractivity contribution in [2.75, 3.05) is 6.79 Å². The van der Waals surface area contributed by atoms with Gasteiger partial charge in [-0.1, -0.05) is 41.4 Å². The number of H-pyrrole nitrogens is 1. The lowest BCUT2D eigenvalue weighted by Gasteiger charge is -2.15. The predicted molar refractivity (Wildman–Crippen MR) is 139 cm³/mol. The largest absolute Gasteiger partial charge is 0.488 e. The number of aromatic carboxylic acids is 1. The second-order valence-electron chi connectivity index (χ2n) is 8.90. The Morgan fingerprint density at radius 2 is 1.86 bits per heavy atom. The molecule has 0 aliphatic carbocycles. The van der Waals surface area contributed by atoms with E-state index in [0.717, 1.165) is 33.2 Å². The van der Waals surface area contributed by atoms with Gasteiger partial charge >= 0.3 is 5.97 Å². The molecule has 0 amide bonds. The molecule has 186 valence electrons. The monoisotopic (exact) mass is 515 g/mol. The molecule has 3 heterocycles. The van der Waals surface area contributed by atoms with E-state index in [1.165, 1.54) is 0 Å². The van der Waals surface area contributed by atoms with Crippen LogP contribution in [0.2, 0.25) is 5.02 Å². The summed E-state index contributed by atoms with van der Waals surface area (Å²) in [6.45, 7) is 2.42. The fourth-order valence-corrected chi connectivity index (χ4v) is 4.86. The molecule has 0 radical (unpaired) electrons. The van der Waals surface area contributed by atoms with Crippen molar-refractivity contribution in [3.05, 3.63) is 100 Å². The van der Waals surface area contributed by atoms with Gasteiger partial charge in [0.25, 0.3) is 0 Å². The number of hydrogen-bond acceptors (Lipinski definition) is 5. The Balaban J connectivity index is 1.56. The molecule has 8 heteroatoms. The van der Waals surface area contributed by atoms with E-state index in [2.05, 4.69) is 4.98 Å². The Kier molecular flexibility index (Phi) is 5.77. The minimum absolute atomic E-state index is 0.115. The van der Waals surface area contributed by atoms with Gasteiger partial charge in [0.1, 0.15) is 18.1 Å². The van der Waals surface area contributed by atoms with Gasteiger partial charge in [-0.3, -0.25) is 0 Å². The van der Waals surface area contributed by atoms with Gasteiger partial charge in [0.15, 0.2) is 11.5 Å². The molecule has 0 atom stereocenters. The molecule has 1 aliphatic rings. The lowest BCUT2D eigenvalue weighted by atomic mass is 9.93. The third-order valence-corrected chi connectivity index (χ3v) is 6.82. The second kappa shape index (κ2) is 9.26. The molecule has 0 bridgehead atoms. The van der Waals surface area contributed by atoms with Crippen molar-refractivity contribution in [1.29, 1.82) is 0 Å². The molecular formula is C29H22ClNO6. The van der Waals surface area contributed by atoms with Crippen molar-refractivity contribution in [2.45, 2.75) is 20.0 Å². The number of furan rings is 1. The number of ether oxygens (including phenoxy) is 3. The van der Waals surface area contributed by atoms with Gasteiger partial charge in [-0.25, -0.2) is 4.79 Å². The number of fused-ring (bicyclic) bond motifs is 2. The Morgan fingerprint density at radius 1 is 1.08 bits per heavy atom. The number of carboxylic acid groups (broad SMARTS) is 1. The van der Waals surface area contributed by atoms with E-state index in [-0.39, 0.29) is 12.5 Å². The van der Waals surface area contributed by atoms with Crippen molar-refractivity contribution in [3.8, 4) is 28.4 Å². The molecule has 2 N–H and O–H groups in total. The number of nitrogens with one attached hydrogen (secondary N) is 1. The van der Waals surface area contributed by atoms with E-state index in [4.69, 9.17) is 30.2 Å². The fraction of sp³-hybridized carbons (Fsp3) is 0.138. The molecule has 6 rings (SSSR count). The highest BCUT2D eigenvalue weighted by Gasteiger charge is 2.25. The number of aromatic amines is 1. The molecule has 5 aromatic rings. The van der Waals surface area contributed by atoms with Crippen LogP contribution in [0.3, 0.4) is 0 Å². The molecular weight excluding hydrogens is 494 g/mol. The highest BCUT2D eigenvalue weighted by Crippen LogP contribution is 2.43. The first-order chi connectivity index (χ1) is 18.0. The van der Waals surface area contributed by atoms with E-state index in [1.807, 2.05) is 55.5 Å². The van der Waals surface area contributed by atoms with Crippen molar-refractivity contribution in [1.82, 2.24) is 4.98 Å². The minimum Gasteiger partial charge on any atom is -0.488 e. The van der Waals surface area contributed by atoms with Crippen LogP contribution in [0, 0.1) is 6.92 Å². The SMILES string of the molecule is Cc1ccc(-c2c(C(=O)O)[nH]c3ccc(OCc4ccoc4)c(Cc4cc5c(cc4Cl)OCO5)c23)cc1. The van der Waals surface area contributed by atoms with Crippen molar-refractivity contribution in [3.63, 3.8) is 0 Å². The average molecular weight is 516 g/mol. The molecule has 0 fully saturated rings. The third-order valence-electron chi connectivity index (χ3n) is 6.47. The Bertz CT molecular complexity index is 1620. The van der Waals surface area contributed by atoms with Gasteiger partial charge in [-0.2, -0.15) is 0 Å². The smallest absolute Gasteiger partial charge is 0.352 e. The normalized spacial score (nSPS) is 12.3. The average Bonchev–Trinajstić information content (AvgIpc) is 3.64. The number of aromatic nitrogens is 1. The summed E-state index contributed by atoms with van der Waals surface area (Å²) >= 11 is 6.66. The lowest BCUT2D eigenvalue weighted by molar-refractivity contribution is 0.0692. The number of aryl methyl sites for hydroxylation is 1. The summed E-state index contributed by atoms with van der Waals surface area (Å²) < 4.78 is 22.5. The summed E-state index contributed by atoms with van der Waals surface area (Å²) in [7, 11) is 0. The van der Waals surface area contributed by atoms with E-state index < -0.39 is 5.97 Å². The molecule has 0 saturated heterocycles. The second-order valence-corrected chi connectivity index (χ2v) is 9.31. The van der Waals surface area contributed by atoms with E-state index in [1.54, 1.807) is 18.6 Å². The summed E-state index contributed by atoms with van der Waals surface area (Å²) in [5.74, 6) is 0.788. The molecule has 0 spiro atoms. The van der Waals surface area contributed by atoms with Crippen LogP contribution < -0.4 is 14.2 Å². The van der Waals surface area contributed by atoms with Crippen LogP contribution in [0.25, 0.3) is 22.0 Å². The summed E-state index contributed by atoms with van der Waals surface area (Å²) in [6.07, 6.45) is 3.60. The molecule has 37 heavy (non-hydrogen) atoms. The van der Waals surface area contributed by atoms with Gasteiger partial charge < -0.3 is 28.7 Å². The first-order valence-electron chi connectivity index (χ1n) is 11.7. The number of rotatable bonds is 7. The number of hydrogen-bond donors (Lipinski definition) is 2. The quantitative estimate of drug-likeness (QED) is 0.243. The van der Waals surface area contributed by atoms with E-state index in [0.29, 0.717) is 46.4 Å². The van der Waals surface area contributed by atoms with Crippen molar-refractivity contribution in [2.24, 2.45) is 0 Å². The van der Waals surface area contributed by atoms with Gasteiger partial charge in [0.05, 0.1) is 12.5 Å². The Hall–Kier alpha value is -4.36. The Morgan fingerprint density at radius 3 is 2.59 bits per heavy atom. The third kappa shape index (κ3) is 4.27. The topological polar surface area (TPSA) is 93.9 Å². The van der Waals surface area contributed by atoms with Gasteiger partial charge in [-0.05, 0) is 42.3 Å². The lowest BCUT2D eigenvalue weighted by Crippen LogP contribution is -2.01. The number of benzene rings is 3. The highest BCUT2D eigenvalue weighted by molar-refractivity contribution is 6.31. The van der Waals surface area contributed by atoms with Gasteiger partial charge in [0.2, 0.25) is 6.79 Å². The van der Waals surface area contributed by atoms with E-state index in [9.17, 15) is 9.90 Å². The number of carbonyl (C=O) groups is 1. The molecule has 0 unspecified atom stereocenters. The molecule has 0 saturated carbocycles. The molecule has 7 nitrogen and oxygen atoms in total. The van der Waals surface area contributed by atoms with Crippen LogP contribution >= 0.6 is 11.6 Å². The van der Waals surface area contributed by atoms with Crippen LogP contribution in [-0.2, 0) is 13.0 Å². The van der Waals surface area contributed by atoms with Crippen LogP contribution in [0.4, 0.5) is 0 Å². The maximum Gasteiger partial charge on any atom is 0.352 e. The van der Waals surface area contributed by atoms with Gasteiger partial charge in [-0.15, -0.1) is 0 Å². The zero-order valence-corrected chi connectivity index (χ0v) is 20.6. The summed E-state index contributed by atoms with van der Waals surface area (Å²) in [5.41, 5.74) is 5.77. The summed E-state index contributed by atoms with van der Waals surface area (Å²) in [4.78, 5) is 15.4. The van der Waals surface area contributed by atoms with Crippen molar-refractivity contribution < 1.29 is 28.5 Å². The minimum atomic E-state index is -1.04. The maximum atomic E-state index is 12.3. The van der Waals surface area contributed by atoms with Gasteiger partial charge in [0, 0.05) is 45.1 Å². The Labute approximate surface area is 217 Å². The first-order valence-corrected chi connectivity index (χ1v) is 12.1. The predicted octanol–water partition coefficient (Wildman–Crippen LogP) is 6.99. The maximum absolute atomic E-state index is 12.3. The summed E-state index contributed by atoms with van der Waals surface area (Å²) in [5, 5.41) is 11.4.